The van der Waals surface area contributed by atoms with Gasteiger partial charge < -0.3 is 5.32 Å². The Labute approximate surface area is 146 Å². The second kappa shape index (κ2) is 8.41. The number of carbonyl (C=O) groups excluding carboxylic acids is 2. The lowest BCUT2D eigenvalue weighted by atomic mass is 9.89. The molecule has 3 rings (SSSR count). The van der Waals surface area contributed by atoms with Gasteiger partial charge in [-0.15, -0.1) is 5.10 Å². The number of benzene rings is 1. The molecule has 132 valence electrons. The normalized spacial score (nSPS) is 14.9. The van der Waals surface area contributed by atoms with E-state index in [-0.39, 0.29) is 30.2 Å². The second-order valence-corrected chi connectivity index (χ2v) is 6.35. The number of rotatable bonds is 6. The monoisotopic (exact) mass is 341 g/mol. The summed E-state index contributed by atoms with van der Waals surface area (Å²) in [5, 5.41) is 9.74. The van der Waals surface area contributed by atoms with Crippen LogP contribution in [0.2, 0.25) is 0 Å². The van der Waals surface area contributed by atoms with Crippen LogP contribution in [0.1, 0.15) is 37.7 Å². The van der Waals surface area contributed by atoms with Crippen molar-refractivity contribution in [1.82, 2.24) is 20.1 Å². The third-order valence-corrected chi connectivity index (χ3v) is 4.39. The molecule has 1 saturated carbocycles. The number of amides is 2. The van der Waals surface area contributed by atoms with Crippen molar-refractivity contribution in [1.29, 1.82) is 0 Å². The molecule has 1 aromatic heterocycles. The van der Waals surface area contributed by atoms with Crippen molar-refractivity contribution < 1.29 is 9.59 Å². The molecule has 0 unspecified atom stereocenters. The number of hydrogen-bond donors (Lipinski definition) is 2. The Kier molecular flexibility index (Phi) is 5.77. The van der Waals surface area contributed by atoms with Gasteiger partial charge >= 0.3 is 0 Å². The lowest BCUT2D eigenvalue weighted by Crippen LogP contribution is -2.27. The molecule has 2 N–H and O–H groups in total. The molecule has 0 radical (unpaired) electrons. The molecule has 1 aromatic carbocycles. The fourth-order valence-corrected chi connectivity index (χ4v) is 3.00. The van der Waals surface area contributed by atoms with Crippen LogP contribution in [0.5, 0.6) is 0 Å². The molecule has 25 heavy (non-hydrogen) atoms. The number of carbonyl (C=O) groups is 2. The SMILES string of the molecule is O=C(Cn1cnc(NC(=O)C2CCCCC2)n1)NCc1ccccc1. The van der Waals surface area contributed by atoms with Gasteiger partial charge in [0.05, 0.1) is 0 Å². The highest BCUT2D eigenvalue weighted by Crippen LogP contribution is 2.24. The molecule has 1 heterocycles. The van der Waals surface area contributed by atoms with Crippen LogP contribution >= 0.6 is 0 Å². The molecule has 7 heteroatoms. The third kappa shape index (κ3) is 5.14. The number of anilines is 1. The van der Waals surface area contributed by atoms with Crippen LogP contribution in [-0.2, 0) is 22.7 Å². The Balaban J connectivity index is 1.46. The molecule has 1 aliphatic carbocycles. The summed E-state index contributed by atoms with van der Waals surface area (Å²) in [5.41, 5.74) is 1.04. The smallest absolute Gasteiger partial charge is 0.248 e. The summed E-state index contributed by atoms with van der Waals surface area (Å²) < 4.78 is 1.43. The van der Waals surface area contributed by atoms with Crippen LogP contribution in [0, 0.1) is 5.92 Å². The molecule has 0 saturated heterocycles. The lowest BCUT2D eigenvalue weighted by Gasteiger charge is -2.19. The molecule has 1 fully saturated rings. The number of nitrogens with one attached hydrogen (secondary N) is 2. The minimum atomic E-state index is -0.154. The van der Waals surface area contributed by atoms with Gasteiger partial charge in [-0.05, 0) is 18.4 Å². The van der Waals surface area contributed by atoms with E-state index in [9.17, 15) is 9.59 Å². The maximum absolute atomic E-state index is 12.2. The van der Waals surface area contributed by atoms with Crippen molar-refractivity contribution >= 4 is 17.8 Å². The third-order valence-electron chi connectivity index (χ3n) is 4.39. The quantitative estimate of drug-likeness (QED) is 0.842. The summed E-state index contributed by atoms with van der Waals surface area (Å²) >= 11 is 0. The molecule has 7 nitrogen and oxygen atoms in total. The summed E-state index contributed by atoms with van der Waals surface area (Å²) in [5.74, 6) is 0.131. The van der Waals surface area contributed by atoms with Crippen LogP contribution in [-0.4, -0.2) is 26.6 Å². The van der Waals surface area contributed by atoms with E-state index in [0.29, 0.717) is 6.54 Å². The molecule has 2 amide bonds. The summed E-state index contributed by atoms with van der Waals surface area (Å²) in [6.45, 7) is 0.540. The van der Waals surface area contributed by atoms with Gasteiger partial charge in [-0.25, -0.2) is 9.67 Å². The van der Waals surface area contributed by atoms with Crippen molar-refractivity contribution in [2.24, 2.45) is 5.92 Å². The standard InChI is InChI=1S/C18H23N5O2/c24-16(19-11-14-7-3-1-4-8-14)12-23-13-20-18(22-23)21-17(25)15-9-5-2-6-10-15/h1,3-4,7-8,13,15H,2,5-6,9-12H2,(H,19,24)(H,21,22,25). The highest BCUT2D eigenvalue weighted by atomic mass is 16.2. The Hall–Kier alpha value is -2.70. The van der Waals surface area contributed by atoms with Crippen LogP contribution in [0.15, 0.2) is 36.7 Å². The zero-order valence-corrected chi connectivity index (χ0v) is 14.1. The number of hydrogen-bond acceptors (Lipinski definition) is 4. The van der Waals surface area contributed by atoms with Crippen LogP contribution < -0.4 is 10.6 Å². The molecule has 0 bridgehead atoms. The highest BCUT2D eigenvalue weighted by Gasteiger charge is 2.22. The van der Waals surface area contributed by atoms with Crippen molar-refractivity contribution in [2.45, 2.75) is 45.2 Å². The average Bonchev–Trinajstić information content (AvgIpc) is 3.08. The number of aromatic nitrogens is 3. The van der Waals surface area contributed by atoms with Crippen molar-refractivity contribution in [3.63, 3.8) is 0 Å². The Morgan fingerprint density at radius 1 is 1.12 bits per heavy atom. The van der Waals surface area contributed by atoms with E-state index in [4.69, 9.17) is 0 Å². The Morgan fingerprint density at radius 2 is 1.88 bits per heavy atom. The summed E-state index contributed by atoms with van der Waals surface area (Å²) in [6, 6.07) is 9.70. The molecular formula is C18H23N5O2. The van der Waals surface area contributed by atoms with E-state index in [2.05, 4.69) is 20.7 Å². The van der Waals surface area contributed by atoms with Gasteiger partial charge in [0.15, 0.2) is 0 Å². The van der Waals surface area contributed by atoms with Gasteiger partial charge in [-0.2, -0.15) is 0 Å². The van der Waals surface area contributed by atoms with Gasteiger partial charge in [-0.3, -0.25) is 14.9 Å². The topological polar surface area (TPSA) is 88.9 Å². The van der Waals surface area contributed by atoms with E-state index >= 15 is 0 Å². The van der Waals surface area contributed by atoms with Gasteiger partial charge in [0.2, 0.25) is 17.8 Å². The van der Waals surface area contributed by atoms with Gasteiger partial charge in [0, 0.05) is 12.5 Å². The fraction of sp³-hybridized carbons (Fsp3) is 0.444. The van der Waals surface area contributed by atoms with Gasteiger partial charge in [0.25, 0.3) is 0 Å². The van der Waals surface area contributed by atoms with Crippen molar-refractivity contribution in [3.05, 3.63) is 42.2 Å². The second-order valence-electron chi connectivity index (χ2n) is 6.35. The molecule has 0 atom stereocenters. The predicted octanol–water partition coefficient (Wildman–Crippen LogP) is 2.11. The summed E-state index contributed by atoms with van der Waals surface area (Å²) in [4.78, 5) is 28.2. The first-order chi connectivity index (χ1) is 12.2. The first-order valence-electron chi connectivity index (χ1n) is 8.71. The predicted molar refractivity (Wildman–Crippen MR) is 93.5 cm³/mol. The minimum absolute atomic E-state index is 0.0222. The van der Waals surface area contributed by atoms with E-state index < -0.39 is 0 Å². The minimum Gasteiger partial charge on any atom is -0.350 e. The molecule has 2 aromatic rings. The summed E-state index contributed by atoms with van der Waals surface area (Å²) in [7, 11) is 0. The Morgan fingerprint density at radius 3 is 2.64 bits per heavy atom. The largest absolute Gasteiger partial charge is 0.350 e. The maximum Gasteiger partial charge on any atom is 0.248 e. The van der Waals surface area contributed by atoms with Gasteiger partial charge in [-0.1, -0.05) is 49.6 Å². The van der Waals surface area contributed by atoms with E-state index in [1.54, 1.807) is 0 Å². The van der Waals surface area contributed by atoms with Crippen molar-refractivity contribution in [2.75, 3.05) is 5.32 Å². The maximum atomic E-state index is 12.2. The first-order valence-corrected chi connectivity index (χ1v) is 8.71. The zero-order chi connectivity index (χ0) is 17.5. The Bertz CT molecular complexity index is 707. The van der Waals surface area contributed by atoms with Crippen molar-refractivity contribution in [3.8, 4) is 0 Å². The summed E-state index contributed by atoms with van der Waals surface area (Å²) in [6.07, 6.45) is 6.71. The van der Waals surface area contributed by atoms with Crippen LogP contribution in [0.25, 0.3) is 0 Å². The molecule has 0 spiro atoms. The van der Waals surface area contributed by atoms with Gasteiger partial charge in [0.1, 0.15) is 12.9 Å². The van der Waals surface area contributed by atoms with Crippen LogP contribution in [0.4, 0.5) is 5.95 Å². The number of nitrogens with zero attached hydrogens (tertiary/aromatic N) is 3. The van der Waals surface area contributed by atoms with Crippen LogP contribution in [0.3, 0.4) is 0 Å². The highest BCUT2D eigenvalue weighted by molar-refractivity contribution is 5.90. The average molecular weight is 341 g/mol. The molecule has 1 aliphatic rings. The lowest BCUT2D eigenvalue weighted by molar-refractivity contribution is -0.122. The van der Waals surface area contributed by atoms with E-state index in [0.717, 1.165) is 31.2 Å². The fourth-order valence-electron chi connectivity index (χ4n) is 3.00. The van der Waals surface area contributed by atoms with E-state index in [1.165, 1.54) is 17.4 Å². The first kappa shape index (κ1) is 17.1. The zero-order valence-electron chi connectivity index (χ0n) is 14.1. The molecule has 0 aliphatic heterocycles. The molecular weight excluding hydrogens is 318 g/mol. The van der Waals surface area contributed by atoms with E-state index in [1.807, 2.05) is 30.3 Å².